The van der Waals surface area contributed by atoms with Crippen LogP contribution >= 0.6 is 0 Å². The van der Waals surface area contributed by atoms with Crippen LogP contribution in [0.15, 0.2) is 60.7 Å². The number of methoxy groups -OCH3 is 1. The molecule has 0 spiro atoms. The second kappa shape index (κ2) is 11.5. The highest BCUT2D eigenvalue weighted by Crippen LogP contribution is 2.46. The van der Waals surface area contributed by atoms with Gasteiger partial charge in [0, 0.05) is 57.5 Å². The molecule has 1 unspecified atom stereocenters. The van der Waals surface area contributed by atoms with E-state index in [1.54, 1.807) is 31.0 Å². The molecule has 1 saturated carbocycles. The van der Waals surface area contributed by atoms with Crippen LogP contribution in [0.5, 0.6) is 0 Å². The van der Waals surface area contributed by atoms with Crippen molar-refractivity contribution in [3.8, 4) is 11.3 Å². The Balaban J connectivity index is 1.43. The van der Waals surface area contributed by atoms with Crippen LogP contribution < -0.4 is 5.32 Å². The van der Waals surface area contributed by atoms with Gasteiger partial charge in [-0.3, -0.25) is 14.3 Å². The van der Waals surface area contributed by atoms with Gasteiger partial charge in [-0.2, -0.15) is 5.10 Å². The van der Waals surface area contributed by atoms with E-state index in [0.29, 0.717) is 36.2 Å². The molecule has 1 N–H and O–H groups in total. The van der Waals surface area contributed by atoms with Gasteiger partial charge in [0.15, 0.2) is 0 Å². The molecule has 6 heteroatoms. The van der Waals surface area contributed by atoms with E-state index in [1.165, 1.54) is 5.56 Å². The highest BCUT2D eigenvalue weighted by Gasteiger charge is 2.36. The Morgan fingerprint density at radius 3 is 2.51 bits per heavy atom. The van der Waals surface area contributed by atoms with Crippen molar-refractivity contribution < 1.29 is 14.3 Å². The zero-order valence-corrected chi connectivity index (χ0v) is 20.9. The van der Waals surface area contributed by atoms with E-state index in [-0.39, 0.29) is 11.7 Å². The first kappa shape index (κ1) is 24.9. The molecule has 6 nitrogen and oxygen atoms in total. The van der Waals surface area contributed by atoms with E-state index in [4.69, 9.17) is 4.74 Å². The van der Waals surface area contributed by atoms with Gasteiger partial charge in [0.1, 0.15) is 5.78 Å². The zero-order valence-electron chi connectivity index (χ0n) is 20.9. The first-order chi connectivity index (χ1) is 17.0. The number of rotatable bonds is 10. The molecule has 1 aromatic heterocycles. The van der Waals surface area contributed by atoms with Crippen LogP contribution in [0.1, 0.15) is 53.2 Å². The van der Waals surface area contributed by atoms with E-state index >= 15 is 0 Å². The van der Waals surface area contributed by atoms with Crippen molar-refractivity contribution >= 4 is 11.7 Å². The predicted octanol–water partition coefficient (Wildman–Crippen LogP) is 4.79. The summed E-state index contributed by atoms with van der Waals surface area (Å²) in [6.07, 6.45) is 4.20. The normalized spacial score (nSPS) is 19.6. The van der Waals surface area contributed by atoms with E-state index in [9.17, 15) is 9.59 Å². The van der Waals surface area contributed by atoms with Gasteiger partial charge in [-0.25, -0.2) is 0 Å². The summed E-state index contributed by atoms with van der Waals surface area (Å²) < 4.78 is 7.12. The number of amides is 1. The zero-order chi connectivity index (χ0) is 24.8. The van der Waals surface area contributed by atoms with Crippen LogP contribution in [0, 0.1) is 11.8 Å². The Labute approximate surface area is 207 Å². The molecule has 4 rings (SSSR count). The third kappa shape index (κ3) is 6.06. The van der Waals surface area contributed by atoms with Crippen LogP contribution in [-0.2, 0) is 23.0 Å². The molecule has 1 heterocycles. The number of ether oxygens (including phenoxy) is 1. The van der Waals surface area contributed by atoms with E-state index in [0.717, 1.165) is 42.8 Å². The van der Waals surface area contributed by atoms with E-state index in [1.807, 2.05) is 31.3 Å². The van der Waals surface area contributed by atoms with Gasteiger partial charge < -0.3 is 10.1 Å². The van der Waals surface area contributed by atoms with Crippen LogP contribution in [-0.4, -0.2) is 42.2 Å². The molecule has 35 heavy (non-hydrogen) atoms. The van der Waals surface area contributed by atoms with Gasteiger partial charge in [-0.05, 0) is 60.8 Å². The lowest BCUT2D eigenvalue weighted by Crippen LogP contribution is -2.17. The standard InChI is InChI=1S/C29H35N3O3/c1-30-29(34)23-11-9-22(10-12-23)28-19-25(32(2)31-28)18-26(33)17-24-15-20(13-14-35-3)16-27(24)21-7-5-4-6-8-21/h4-12,19-20,24,27H,13-18H2,1-3H3,(H,30,34)/t20?,24-,27-/m0/s1. The van der Waals surface area contributed by atoms with Crippen molar-refractivity contribution in [3.05, 3.63) is 77.5 Å². The first-order valence-corrected chi connectivity index (χ1v) is 12.4. The lowest BCUT2D eigenvalue weighted by Gasteiger charge is -2.19. The van der Waals surface area contributed by atoms with Crippen molar-refractivity contribution in [1.82, 2.24) is 15.1 Å². The highest BCUT2D eigenvalue weighted by molar-refractivity contribution is 5.94. The Bertz CT molecular complexity index is 1140. The number of ketones is 1. The molecule has 1 aliphatic carbocycles. The van der Waals surface area contributed by atoms with E-state index < -0.39 is 0 Å². The number of hydrogen-bond donors (Lipinski definition) is 1. The summed E-state index contributed by atoms with van der Waals surface area (Å²) in [5.74, 6) is 1.51. The minimum Gasteiger partial charge on any atom is -0.385 e. The molecule has 1 amide bonds. The number of carbonyl (C=O) groups excluding carboxylic acids is 2. The molecule has 2 aromatic carbocycles. The van der Waals surface area contributed by atoms with Gasteiger partial charge in [-0.1, -0.05) is 42.5 Å². The largest absolute Gasteiger partial charge is 0.385 e. The third-order valence-electron chi connectivity index (χ3n) is 7.27. The molecule has 1 fully saturated rings. The monoisotopic (exact) mass is 473 g/mol. The summed E-state index contributed by atoms with van der Waals surface area (Å²) in [4.78, 5) is 25.0. The molecular formula is C29H35N3O3. The second-order valence-electron chi connectivity index (χ2n) is 9.62. The van der Waals surface area contributed by atoms with Gasteiger partial charge >= 0.3 is 0 Å². The number of nitrogens with one attached hydrogen (secondary N) is 1. The van der Waals surface area contributed by atoms with Gasteiger partial charge in [0.05, 0.1) is 5.69 Å². The Morgan fingerprint density at radius 1 is 1.09 bits per heavy atom. The summed E-state index contributed by atoms with van der Waals surface area (Å²) in [7, 11) is 5.25. The van der Waals surface area contributed by atoms with Crippen molar-refractivity contribution in [3.63, 3.8) is 0 Å². The number of carbonyl (C=O) groups is 2. The highest BCUT2D eigenvalue weighted by atomic mass is 16.5. The minimum absolute atomic E-state index is 0.117. The van der Waals surface area contributed by atoms with Crippen molar-refractivity contribution in [1.29, 1.82) is 0 Å². The molecule has 1 aliphatic rings. The summed E-state index contributed by atoms with van der Waals surface area (Å²) in [6.45, 7) is 0.773. The van der Waals surface area contributed by atoms with Crippen LogP contribution in [0.4, 0.5) is 0 Å². The van der Waals surface area contributed by atoms with Gasteiger partial charge in [-0.15, -0.1) is 0 Å². The fourth-order valence-electron chi connectivity index (χ4n) is 5.41. The number of aryl methyl sites for hydroxylation is 1. The number of aromatic nitrogens is 2. The molecule has 184 valence electrons. The first-order valence-electron chi connectivity index (χ1n) is 12.4. The Kier molecular flexibility index (Phi) is 8.13. The summed E-state index contributed by atoms with van der Waals surface area (Å²) >= 11 is 0. The fourth-order valence-corrected chi connectivity index (χ4v) is 5.41. The number of Topliss-reactive ketones (excluding diaryl/α,β-unsaturated/α-hetero) is 1. The summed E-state index contributed by atoms with van der Waals surface area (Å²) in [5.41, 5.74) is 4.59. The van der Waals surface area contributed by atoms with Crippen molar-refractivity contribution in [2.24, 2.45) is 18.9 Å². The maximum absolute atomic E-state index is 13.2. The number of hydrogen-bond acceptors (Lipinski definition) is 4. The Morgan fingerprint density at radius 2 is 1.83 bits per heavy atom. The van der Waals surface area contributed by atoms with Crippen molar-refractivity contribution in [2.75, 3.05) is 20.8 Å². The quantitative estimate of drug-likeness (QED) is 0.459. The van der Waals surface area contributed by atoms with Gasteiger partial charge in [0.25, 0.3) is 5.91 Å². The lowest BCUT2D eigenvalue weighted by atomic mass is 9.85. The van der Waals surface area contributed by atoms with Crippen LogP contribution in [0.2, 0.25) is 0 Å². The average Bonchev–Trinajstić information content (AvgIpc) is 3.45. The molecular weight excluding hydrogens is 438 g/mol. The van der Waals surface area contributed by atoms with Crippen LogP contribution in [0.3, 0.4) is 0 Å². The molecule has 0 radical (unpaired) electrons. The maximum Gasteiger partial charge on any atom is 0.251 e. The molecule has 3 atom stereocenters. The summed E-state index contributed by atoms with van der Waals surface area (Å²) in [6, 6.07) is 20.0. The Hall–Kier alpha value is -3.25. The maximum atomic E-state index is 13.2. The fraction of sp³-hybridized carbons (Fsp3) is 0.414. The third-order valence-corrected chi connectivity index (χ3v) is 7.27. The number of benzene rings is 2. The minimum atomic E-state index is -0.117. The smallest absolute Gasteiger partial charge is 0.251 e. The molecule has 0 bridgehead atoms. The lowest BCUT2D eigenvalue weighted by molar-refractivity contribution is -0.119. The summed E-state index contributed by atoms with van der Waals surface area (Å²) in [5, 5.41) is 7.25. The van der Waals surface area contributed by atoms with E-state index in [2.05, 4.69) is 34.7 Å². The molecule has 3 aromatic rings. The van der Waals surface area contributed by atoms with Crippen molar-refractivity contribution in [2.45, 2.75) is 38.0 Å². The number of nitrogens with zero attached hydrogens (tertiary/aromatic N) is 2. The second-order valence-corrected chi connectivity index (χ2v) is 9.62. The SMILES string of the molecule is CNC(=O)c1ccc(-c2cc(CC(=O)C[C@@H]3CC(CCOC)C[C@H]3c3ccccc3)n(C)n2)cc1. The molecule has 0 aliphatic heterocycles. The van der Waals surface area contributed by atoms with Gasteiger partial charge in [0.2, 0.25) is 0 Å². The topological polar surface area (TPSA) is 73.2 Å². The predicted molar refractivity (Wildman–Crippen MR) is 137 cm³/mol. The average molecular weight is 474 g/mol. The van der Waals surface area contributed by atoms with Crippen LogP contribution in [0.25, 0.3) is 11.3 Å². The molecule has 0 saturated heterocycles.